The summed E-state index contributed by atoms with van der Waals surface area (Å²) in [5, 5.41) is 14.2. The second-order valence-corrected chi connectivity index (χ2v) is 7.01. The van der Waals surface area contributed by atoms with E-state index in [9.17, 15) is 4.79 Å². The van der Waals surface area contributed by atoms with E-state index in [1.807, 2.05) is 24.3 Å². The third-order valence-corrected chi connectivity index (χ3v) is 5.50. The molecule has 1 aromatic heterocycles. The number of aromatic nitrogens is 4. The second-order valence-electron chi connectivity index (χ2n) is 7.01. The lowest BCUT2D eigenvalue weighted by Gasteiger charge is -2.44. The van der Waals surface area contributed by atoms with Gasteiger partial charge in [-0.2, -0.15) is 0 Å². The van der Waals surface area contributed by atoms with Gasteiger partial charge in [0.25, 0.3) is 5.91 Å². The van der Waals surface area contributed by atoms with Crippen LogP contribution in [0.3, 0.4) is 0 Å². The summed E-state index contributed by atoms with van der Waals surface area (Å²) < 4.78 is 1.57. The summed E-state index contributed by atoms with van der Waals surface area (Å²) in [7, 11) is 0. The van der Waals surface area contributed by atoms with Crippen LogP contribution in [-0.4, -0.2) is 56.7 Å². The summed E-state index contributed by atoms with van der Waals surface area (Å²) in [6.45, 7) is 3.23. The van der Waals surface area contributed by atoms with Crippen LogP contribution < -0.4 is 5.32 Å². The molecule has 2 aliphatic rings. The highest BCUT2D eigenvalue weighted by Gasteiger charge is 2.32. The zero-order valence-corrected chi connectivity index (χ0v) is 14.3. The first kappa shape index (κ1) is 16.2. The number of piperidine rings is 2. The Labute approximate surface area is 147 Å². The van der Waals surface area contributed by atoms with Crippen molar-refractivity contribution in [2.75, 3.05) is 19.6 Å². The summed E-state index contributed by atoms with van der Waals surface area (Å²) in [4.78, 5) is 15.1. The first-order valence-corrected chi connectivity index (χ1v) is 9.17. The molecule has 1 aromatic carbocycles. The molecule has 0 radical (unpaired) electrons. The Morgan fingerprint density at radius 1 is 1.12 bits per heavy atom. The molecule has 4 rings (SSSR count). The molecular weight excluding hydrogens is 316 g/mol. The summed E-state index contributed by atoms with van der Waals surface area (Å²) in [6.07, 6.45) is 7.93. The van der Waals surface area contributed by atoms with Gasteiger partial charge in [0.15, 0.2) is 0 Å². The fourth-order valence-electron chi connectivity index (χ4n) is 4.19. The van der Waals surface area contributed by atoms with E-state index < -0.39 is 0 Å². The first-order valence-electron chi connectivity index (χ1n) is 9.17. The highest BCUT2D eigenvalue weighted by molar-refractivity contribution is 5.94. The van der Waals surface area contributed by atoms with E-state index in [2.05, 4.69) is 25.7 Å². The minimum Gasteiger partial charge on any atom is -0.352 e. The normalized spacial score (nSPS) is 23.8. The van der Waals surface area contributed by atoms with E-state index in [-0.39, 0.29) is 5.91 Å². The Morgan fingerprint density at radius 3 is 2.76 bits per heavy atom. The smallest absolute Gasteiger partial charge is 0.251 e. The van der Waals surface area contributed by atoms with Crippen LogP contribution in [0.15, 0.2) is 30.6 Å². The summed E-state index contributed by atoms with van der Waals surface area (Å²) in [5.41, 5.74) is 1.51. The standard InChI is InChI=1S/C18H24N6O/c25-18(14-6-8-16(9-7-14)24-13-20-21-22-24)19-12-15-4-3-11-23-10-2-1-5-17(15)23/h6-9,13,15,17H,1-5,10-12H2,(H,19,25)/t15-,17-/m1/s1. The van der Waals surface area contributed by atoms with E-state index >= 15 is 0 Å². The molecule has 0 aliphatic carbocycles. The topological polar surface area (TPSA) is 75.9 Å². The molecule has 2 saturated heterocycles. The van der Waals surface area contributed by atoms with Crippen molar-refractivity contribution in [2.24, 2.45) is 5.92 Å². The lowest BCUT2D eigenvalue weighted by molar-refractivity contribution is 0.0575. The van der Waals surface area contributed by atoms with Crippen molar-refractivity contribution in [1.82, 2.24) is 30.4 Å². The number of carbonyl (C=O) groups is 1. The maximum atomic E-state index is 12.5. The van der Waals surface area contributed by atoms with Gasteiger partial charge in [-0.1, -0.05) is 6.42 Å². The molecule has 1 N–H and O–H groups in total. The van der Waals surface area contributed by atoms with Crippen LogP contribution in [-0.2, 0) is 0 Å². The lowest BCUT2D eigenvalue weighted by atomic mass is 9.83. The Kier molecular flexibility index (Phi) is 4.74. The Balaban J connectivity index is 1.35. The van der Waals surface area contributed by atoms with Crippen LogP contribution in [0.2, 0.25) is 0 Å². The molecule has 2 fully saturated rings. The fourth-order valence-corrected chi connectivity index (χ4v) is 4.19. The maximum absolute atomic E-state index is 12.5. The molecule has 2 aromatic rings. The Hall–Kier alpha value is -2.28. The fraction of sp³-hybridized carbons (Fsp3) is 0.556. The number of amides is 1. The Bertz CT molecular complexity index is 697. The quantitative estimate of drug-likeness (QED) is 0.916. The summed E-state index contributed by atoms with van der Waals surface area (Å²) in [6, 6.07) is 8.01. The van der Waals surface area contributed by atoms with Gasteiger partial charge in [0.1, 0.15) is 6.33 Å². The van der Waals surface area contributed by atoms with Gasteiger partial charge in [-0.05, 0) is 79.4 Å². The van der Waals surface area contributed by atoms with Crippen LogP contribution >= 0.6 is 0 Å². The number of rotatable bonds is 4. The largest absolute Gasteiger partial charge is 0.352 e. The van der Waals surface area contributed by atoms with Gasteiger partial charge in [0, 0.05) is 18.2 Å². The predicted molar refractivity (Wildman–Crippen MR) is 93.4 cm³/mol. The number of benzene rings is 1. The van der Waals surface area contributed by atoms with Gasteiger partial charge in [-0.25, -0.2) is 4.68 Å². The van der Waals surface area contributed by atoms with Crippen molar-refractivity contribution in [1.29, 1.82) is 0 Å². The molecule has 2 aliphatic heterocycles. The minimum atomic E-state index is -0.00352. The monoisotopic (exact) mass is 340 g/mol. The van der Waals surface area contributed by atoms with E-state index in [0.29, 0.717) is 17.5 Å². The van der Waals surface area contributed by atoms with E-state index in [1.165, 1.54) is 51.5 Å². The number of nitrogens with one attached hydrogen (secondary N) is 1. The molecule has 3 heterocycles. The zero-order valence-electron chi connectivity index (χ0n) is 14.3. The lowest BCUT2D eigenvalue weighted by Crippen LogP contribution is -2.51. The molecule has 0 spiro atoms. The molecule has 7 heteroatoms. The number of nitrogens with zero attached hydrogens (tertiary/aromatic N) is 5. The number of hydrogen-bond acceptors (Lipinski definition) is 5. The molecule has 1 amide bonds. The molecule has 0 bridgehead atoms. The zero-order chi connectivity index (χ0) is 17.1. The van der Waals surface area contributed by atoms with Crippen LogP contribution in [0.4, 0.5) is 0 Å². The van der Waals surface area contributed by atoms with Gasteiger partial charge in [-0.3, -0.25) is 4.79 Å². The van der Waals surface area contributed by atoms with Crippen molar-refractivity contribution >= 4 is 5.91 Å². The van der Waals surface area contributed by atoms with Crippen molar-refractivity contribution in [3.05, 3.63) is 36.2 Å². The van der Waals surface area contributed by atoms with Gasteiger partial charge in [0.05, 0.1) is 5.69 Å². The number of hydrogen-bond donors (Lipinski definition) is 1. The first-order chi connectivity index (χ1) is 12.3. The number of fused-ring (bicyclic) bond motifs is 1. The average Bonchev–Trinajstić information content (AvgIpc) is 3.21. The van der Waals surface area contributed by atoms with E-state index in [0.717, 1.165) is 12.2 Å². The van der Waals surface area contributed by atoms with Crippen LogP contribution in [0, 0.1) is 5.92 Å². The Morgan fingerprint density at radius 2 is 1.96 bits per heavy atom. The van der Waals surface area contributed by atoms with Crippen molar-refractivity contribution in [3.8, 4) is 5.69 Å². The summed E-state index contributed by atoms with van der Waals surface area (Å²) in [5.74, 6) is 0.578. The van der Waals surface area contributed by atoms with Crippen LogP contribution in [0.5, 0.6) is 0 Å². The van der Waals surface area contributed by atoms with E-state index in [4.69, 9.17) is 0 Å². The average molecular weight is 340 g/mol. The highest BCUT2D eigenvalue weighted by Crippen LogP contribution is 2.30. The molecule has 0 unspecified atom stereocenters. The molecular formula is C18H24N6O. The van der Waals surface area contributed by atoms with Gasteiger partial charge < -0.3 is 10.2 Å². The van der Waals surface area contributed by atoms with Crippen molar-refractivity contribution in [2.45, 2.75) is 38.1 Å². The van der Waals surface area contributed by atoms with Crippen molar-refractivity contribution < 1.29 is 4.79 Å². The third kappa shape index (κ3) is 3.56. The maximum Gasteiger partial charge on any atom is 0.251 e. The van der Waals surface area contributed by atoms with E-state index in [1.54, 1.807) is 4.68 Å². The molecule has 25 heavy (non-hydrogen) atoms. The molecule has 7 nitrogen and oxygen atoms in total. The number of tetrazole rings is 1. The number of carbonyl (C=O) groups excluding carboxylic acids is 1. The minimum absolute atomic E-state index is 0.00352. The molecule has 0 saturated carbocycles. The van der Waals surface area contributed by atoms with Crippen molar-refractivity contribution in [3.63, 3.8) is 0 Å². The predicted octanol–water partition coefficient (Wildman–Crippen LogP) is 1.66. The SMILES string of the molecule is O=C(NC[C@H]1CCCN2CCCC[C@H]12)c1ccc(-n2cnnn2)cc1. The second kappa shape index (κ2) is 7.31. The van der Waals surface area contributed by atoms with Gasteiger partial charge >= 0.3 is 0 Å². The van der Waals surface area contributed by atoms with Gasteiger partial charge in [-0.15, -0.1) is 5.10 Å². The third-order valence-electron chi connectivity index (χ3n) is 5.50. The van der Waals surface area contributed by atoms with Crippen LogP contribution in [0.1, 0.15) is 42.5 Å². The molecule has 2 atom stereocenters. The molecule has 132 valence electrons. The van der Waals surface area contributed by atoms with Gasteiger partial charge in [0.2, 0.25) is 0 Å². The summed E-state index contributed by atoms with van der Waals surface area (Å²) >= 11 is 0. The highest BCUT2D eigenvalue weighted by atomic mass is 16.1. The van der Waals surface area contributed by atoms with Crippen LogP contribution in [0.25, 0.3) is 5.69 Å².